The molecular weight excluding hydrogens is 277 g/mol. The van der Waals surface area contributed by atoms with Gasteiger partial charge in [0, 0.05) is 12.8 Å². The summed E-state index contributed by atoms with van der Waals surface area (Å²) >= 11 is 0. The quantitative estimate of drug-likeness (QED) is 0.568. The van der Waals surface area contributed by atoms with E-state index in [0.717, 1.165) is 0 Å². The van der Waals surface area contributed by atoms with Crippen LogP contribution in [0, 0.1) is 30.6 Å². The Labute approximate surface area is 119 Å². The van der Waals surface area contributed by atoms with Crippen LogP contribution in [0.4, 0.5) is 0 Å². The maximum atomic E-state index is 10.3. The summed E-state index contributed by atoms with van der Waals surface area (Å²) < 4.78 is 14.5. The summed E-state index contributed by atoms with van der Waals surface area (Å²) in [5, 5.41) is 0. The Morgan fingerprint density at radius 3 is 2.05 bits per heavy atom. The molecule has 0 fully saturated rings. The van der Waals surface area contributed by atoms with Gasteiger partial charge in [-0.3, -0.25) is 9.79 Å². The number of phosphoric acid groups is 1. The van der Waals surface area contributed by atoms with Crippen molar-refractivity contribution in [3.63, 3.8) is 0 Å². The van der Waals surface area contributed by atoms with Crippen LogP contribution in [0.5, 0.6) is 5.75 Å². The Morgan fingerprint density at radius 1 is 1.20 bits per heavy atom. The van der Waals surface area contributed by atoms with Crippen LogP contribution in [-0.2, 0) is 4.57 Å². The van der Waals surface area contributed by atoms with E-state index in [1.807, 2.05) is 0 Å². The first kappa shape index (κ1) is 18.2. The number of hydrogen-bond acceptors (Lipinski definition) is 3. The van der Waals surface area contributed by atoms with Gasteiger partial charge in [0.1, 0.15) is 5.75 Å². The predicted molar refractivity (Wildman–Crippen MR) is 78.6 cm³/mol. The molecule has 20 heavy (non-hydrogen) atoms. The molecule has 0 saturated carbocycles. The minimum Gasteiger partial charge on any atom is -0.404 e. The molecule has 6 heteroatoms. The van der Waals surface area contributed by atoms with Crippen LogP contribution in [0.1, 0.15) is 12.8 Å². The molecule has 0 heterocycles. The van der Waals surface area contributed by atoms with Gasteiger partial charge >= 0.3 is 7.82 Å². The van der Waals surface area contributed by atoms with Gasteiger partial charge in [0.15, 0.2) is 0 Å². The monoisotopic (exact) mass is 295 g/mol. The van der Waals surface area contributed by atoms with Gasteiger partial charge in [0.2, 0.25) is 0 Å². The van der Waals surface area contributed by atoms with Crippen LogP contribution in [0.2, 0.25) is 0 Å². The van der Waals surface area contributed by atoms with Crippen molar-refractivity contribution in [3.8, 4) is 30.4 Å². The highest BCUT2D eigenvalue weighted by Gasteiger charge is 2.14. The minimum atomic E-state index is -4.39. The van der Waals surface area contributed by atoms with Gasteiger partial charge in [-0.15, -0.1) is 24.7 Å². The predicted octanol–water partition coefficient (Wildman–Crippen LogP) is 1.77. The second kappa shape index (κ2) is 10.1. The van der Waals surface area contributed by atoms with Crippen LogP contribution >= 0.6 is 7.82 Å². The highest BCUT2D eigenvalue weighted by Crippen LogP contribution is 2.36. The van der Waals surface area contributed by atoms with E-state index < -0.39 is 7.82 Å². The maximum absolute atomic E-state index is 10.3. The van der Waals surface area contributed by atoms with E-state index in [1.54, 1.807) is 18.2 Å². The van der Waals surface area contributed by atoms with Gasteiger partial charge in [-0.25, -0.2) is 4.57 Å². The Morgan fingerprint density at radius 2 is 1.70 bits per heavy atom. The molecule has 0 aliphatic carbocycles. The molecule has 0 spiro atoms. The summed E-state index contributed by atoms with van der Waals surface area (Å²) in [6.45, 7) is 0.592. The van der Waals surface area contributed by atoms with Crippen LogP contribution < -0.4 is 10.3 Å². The van der Waals surface area contributed by atoms with Gasteiger partial charge in [-0.1, -0.05) is 18.2 Å². The lowest BCUT2D eigenvalue weighted by Crippen LogP contribution is -2.12. The molecule has 1 aromatic carbocycles. The number of hydrogen-bond donors (Lipinski definition) is 3. The first-order chi connectivity index (χ1) is 9.42. The van der Waals surface area contributed by atoms with E-state index in [4.69, 9.17) is 28.4 Å². The fraction of sp³-hybridized carbons (Fsp3) is 0.286. The first-order valence-electron chi connectivity index (χ1n) is 5.80. The van der Waals surface area contributed by atoms with E-state index in [1.165, 1.54) is 12.1 Å². The minimum absolute atomic E-state index is 0.167. The number of nitrogens with two attached hydrogens (primary N) is 1. The molecule has 108 valence electrons. The molecule has 4 N–H and O–H groups in total. The van der Waals surface area contributed by atoms with Gasteiger partial charge in [0.25, 0.3) is 0 Å². The Balaban J connectivity index is 0.000000370. The van der Waals surface area contributed by atoms with Gasteiger partial charge in [-0.05, 0) is 24.6 Å². The van der Waals surface area contributed by atoms with Crippen molar-refractivity contribution in [2.45, 2.75) is 12.8 Å². The topological polar surface area (TPSA) is 92.8 Å². The maximum Gasteiger partial charge on any atom is 0.524 e. The summed E-state index contributed by atoms with van der Waals surface area (Å²) in [6, 6.07) is 7.93. The van der Waals surface area contributed by atoms with Crippen molar-refractivity contribution in [1.29, 1.82) is 0 Å². The molecule has 0 aliphatic rings. The molecule has 0 atom stereocenters. The lowest BCUT2D eigenvalue weighted by Gasteiger charge is -2.04. The molecule has 5 nitrogen and oxygen atoms in total. The third-order valence-corrected chi connectivity index (χ3v) is 2.56. The largest absolute Gasteiger partial charge is 0.524 e. The zero-order chi connectivity index (χ0) is 15.4. The zero-order valence-corrected chi connectivity index (χ0v) is 11.9. The van der Waals surface area contributed by atoms with Crippen molar-refractivity contribution >= 4 is 7.82 Å². The van der Waals surface area contributed by atoms with Crippen molar-refractivity contribution < 1.29 is 18.9 Å². The molecular formula is C14H18NO4P. The van der Waals surface area contributed by atoms with Gasteiger partial charge < -0.3 is 10.3 Å². The fourth-order valence-electron chi connectivity index (χ4n) is 1.19. The lowest BCUT2D eigenvalue weighted by atomic mass is 10.0. The second-order valence-electron chi connectivity index (χ2n) is 3.81. The first-order valence-corrected chi connectivity index (χ1v) is 7.33. The molecule has 0 radical (unpaired) electrons. The van der Waals surface area contributed by atoms with Crippen molar-refractivity contribution in [2.75, 3.05) is 6.54 Å². The molecule has 0 bridgehead atoms. The molecule has 1 rings (SSSR count). The van der Waals surface area contributed by atoms with Crippen molar-refractivity contribution in [3.05, 3.63) is 30.3 Å². The van der Waals surface area contributed by atoms with Crippen LogP contribution in [0.3, 0.4) is 0 Å². The molecule has 0 saturated heterocycles. The number of terminal acetylenes is 2. The van der Waals surface area contributed by atoms with Gasteiger partial charge in [-0.2, -0.15) is 0 Å². The summed E-state index contributed by atoms with van der Waals surface area (Å²) in [6.07, 6.45) is 11.5. The van der Waals surface area contributed by atoms with Crippen LogP contribution in [-0.4, -0.2) is 16.3 Å². The van der Waals surface area contributed by atoms with Crippen LogP contribution in [0.15, 0.2) is 30.3 Å². The van der Waals surface area contributed by atoms with E-state index in [9.17, 15) is 4.57 Å². The summed E-state index contributed by atoms with van der Waals surface area (Å²) in [4.78, 5) is 16.7. The average Bonchev–Trinajstić information content (AvgIpc) is 2.38. The summed E-state index contributed by atoms with van der Waals surface area (Å²) in [7, 11) is -4.39. The summed E-state index contributed by atoms with van der Waals surface area (Å²) in [5.74, 6) is 5.54. The summed E-state index contributed by atoms with van der Waals surface area (Å²) in [5.41, 5.74) is 5.35. The molecule has 0 amide bonds. The third-order valence-electron chi connectivity index (χ3n) is 2.11. The van der Waals surface area contributed by atoms with Gasteiger partial charge in [0.05, 0.1) is 0 Å². The number of rotatable bonds is 5. The smallest absolute Gasteiger partial charge is 0.404 e. The number of para-hydroxylation sites is 1. The standard InChI is InChI=1S/C8H11N.C6H7O4P/c1-3-5-8(7-9)6-4-2;7-11(8,9)10-6-4-2-1-3-5-6/h1-2,8H,5-7,9H2;1-5H,(H2,7,8,9). The highest BCUT2D eigenvalue weighted by molar-refractivity contribution is 7.46. The number of benzene rings is 1. The second-order valence-corrected chi connectivity index (χ2v) is 4.98. The van der Waals surface area contributed by atoms with E-state index in [0.29, 0.717) is 25.3 Å². The lowest BCUT2D eigenvalue weighted by molar-refractivity contribution is 0.283. The van der Waals surface area contributed by atoms with Crippen molar-refractivity contribution in [1.82, 2.24) is 0 Å². The number of phosphoric ester groups is 1. The average molecular weight is 295 g/mol. The zero-order valence-electron chi connectivity index (χ0n) is 11.0. The fourth-order valence-corrected chi connectivity index (χ4v) is 1.59. The molecule has 0 unspecified atom stereocenters. The van der Waals surface area contributed by atoms with E-state index in [2.05, 4.69) is 16.4 Å². The third kappa shape index (κ3) is 10.2. The van der Waals surface area contributed by atoms with Crippen LogP contribution in [0.25, 0.3) is 0 Å². The Kier molecular flexibility index (Phi) is 9.20. The Hall–Kier alpha value is -1.75. The van der Waals surface area contributed by atoms with E-state index in [-0.39, 0.29) is 5.75 Å². The Bertz CT molecular complexity index is 482. The molecule has 1 aromatic rings. The highest BCUT2D eigenvalue weighted by atomic mass is 31.2. The van der Waals surface area contributed by atoms with E-state index >= 15 is 0 Å². The van der Waals surface area contributed by atoms with Crippen molar-refractivity contribution in [2.24, 2.45) is 11.7 Å². The molecule has 0 aliphatic heterocycles. The molecule has 0 aromatic heterocycles. The normalized spacial score (nSPS) is 9.90. The SMILES string of the molecule is C#CCC(CN)CC#C.O=P(O)(O)Oc1ccccc1.